The van der Waals surface area contributed by atoms with Gasteiger partial charge in [0.1, 0.15) is 5.60 Å². The summed E-state index contributed by atoms with van der Waals surface area (Å²) in [6.07, 6.45) is 1.70. The molecule has 1 aliphatic heterocycles. The molecule has 2 rings (SSSR count). The monoisotopic (exact) mass is 359 g/mol. The molecule has 1 fully saturated rings. The molecule has 0 saturated carbocycles. The minimum absolute atomic E-state index is 0.0680. The van der Waals surface area contributed by atoms with Gasteiger partial charge in [-0.3, -0.25) is 0 Å². The molecule has 20 heavy (non-hydrogen) atoms. The quantitative estimate of drug-likeness (QED) is 0.691. The lowest BCUT2D eigenvalue weighted by atomic mass is 10.1. The van der Waals surface area contributed by atoms with Crippen molar-refractivity contribution in [3.63, 3.8) is 0 Å². The maximum Gasteiger partial charge on any atom is 0.410 e. The summed E-state index contributed by atoms with van der Waals surface area (Å²) in [4.78, 5) is 14.1. The average Bonchev–Trinajstić information content (AvgIpc) is 2.79. The summed E-state index contributed by atoms with van der Waals surface area (Å²) in [5, 5.41) is 0.676. The minimum Gasteiger partial charge on any atom is -0.444 e. The van der Waals surface area contributed by atoms with Crippen molar-refractivity contribution >= 4 is 33.6 Å². The Morgan fingerprint density at radius 1 is 1.45 bits per heavy atom. The highest BCUT2D eigenvalue weighted by molar-refractivity contribution is 9.10. The van der Waals surface area contributed by atoms with E-state index in [0.717, 1.165) is 29.4 Å². The van der Waals surface area contributed by atoms with Gasteiger partial charge < -0.3 is 9.64 Å². The Hall–Kier alpha value is -0.740. The topological polar surface area (TPSA) is 29.5 Å². The maximum absolute atomic E-state index is 12.3. The zero-order chi connectivity index (χ0) is 14.9. The zero-order valence-electron chi connectivity index (χ0n) is 12.0. The van der Waals surface area contributed by atoms with Crippen LogP contribution < -0.4 is 0 Å². The van der Waals surface area contributed by atoms with Crippen LogP contribution in [0.5, 0.6) is 0 Å². The van der Waals surface area contributed by atoms with Crippen molar-refractivity contribution < 1.29 is 9.53 Å². The van der Waals surface area contributed by atoms with Crippen molar-refractivity contribution in [1.29, 1.82) is 0 Å². The van der Waals surface area contributed by atoms with Gasteiger partial charge >= 0.3 is 6.09 Å². The van der Waals surface area contributed by atoms with Crippen LogP contribution in [0.3, 0.4) is 0 Å². The van der Waals surface area contributed by atoms with Crippen LogP contribution in [0.2, 0.25) is 5.02 Å². The molecule has 0 aliphatic carbocycles. The first-order valence-corrected chi connectivity index (χ1v) is 7.89. The summed E-state index contributed by atoms with van der Waals surface area (Å²) in [6, 6.07) is 5.88. The fraction of sp³-hybridized carbons (Fsp3) is 0.533. The van der Waals surface area contributed by atoms with E-state index in [1.807, 2.05) is 39.0 Å². The molecule has 1 aromatic rings. The number of halogens is 2. The number of carbonyl (C=O) groups excluding carboxylic acids is 1. The van der Waals surface area contributed by atoms with Crippen molar-refractivity contribution in [2.24, 2.45) is 0 Å². The second-order valence-corrected chi connectivity index (χ2v) is 7.27. The van der Waals surface area contributed by atoms with Crippen LogP contribution in [0, 0.1) is 0 Å². The van der Waals surface area contributed by atoms with Crippen LogP contribution in [0.4, 0.5) is 4.79 Å². The van der Waals surface area contributed by atoms with Crippen molar-refractivity contribution in [3.8, 4) is 0 Å². The predicted molar refractivity (Wildman–Crippen MR) is 84.1 cm³/mol. The van der Waals surface area contributed by atoms with Crippen LogP contribution in [0.1, 0.15) is 45.2 Å². The van der Waals surface area contributed by atoms with Gasteiger partial charge in [0.2, 0.25) is 0 Å². The number of rotatable bonds is 1. The van der Waals surface area contributed by atoms with Crippen molar-refractivity contribution in [2.75, 3.05) is 6.54 Å². The molecule has 110 valence electrons. The third-order valence-electron chi connectivity index (χ3n) is 3.21. The van der Waals surface area contributed by atoms with Crippen molar-refractivity contribution in [1.82, 2.24) is 4.90 Å². The van der Waals surface area contributed by atoms with Gasteiger partial charge in [-0.1, -0.05) is 17.7 Å². The molecule has 0 N–H and O–H groups in total. The van der Waals surface area contributed by atoms with Gasteiger partial charge in [-0.05, 0) is 67.2 Å². The van der Waals surface area contributed by atoms with E-state index >= 15 is 0 Å². The number of likely N-dealkylation sites (tertiary alicyclic amines) is 1. The van der Waals surface area contributed by atoms with Gasteiger partial charge in [0.15, 0.2) is 0 Å². The molecule has 0 spiro atoms. The molecule has 3 nitrogen and oxygen atoms in total. The molecule has 1 saturated heterocycles. The Balaban J connectivity index is 2.18. The van der Waals surface area contributed by atoms with E-state index in [4.69, 9.17) is 16.3 Å². The molecule has 1 heterocycles. The number of benzene rings is 1. The predicted octanol–water partition coefficient (Wildman–Crippen LogP) is 5.17. The number of carbonyl (C=O) groups is 1. The lowest BCUT2D eigenvalue weighted by Gasteiger charge is -2.29. The number of nitrogens with zero attached hydrogens (tertiary/aromatic N) is 1. The van der Waals surface area contributed by atoms with E-state index in [-0.39, 0.29) is 12.1 Å². The van der Waals surface area contributed by atoms with Crippen molar-refractivity contribution in [3.05, 3.63) is 33.3 Å². The van der Waals surface area contributed by atoms with E-state index in [1.54, 1.807) is 4.90 Å². The largest absolute Gasteiger partial charge is 0.444 e. The van der Waals surface area contributed by atoms with Crippen LogP contribution in [0.15, 0.2) is 22.7 Å². The fourth-order valence-electron chi connectivity index (χ4n) is 2.37. The van der Waals surface area contributed by atoms with Crippen LogP contribution >= 0.6 is 27.5 Å². The van der Waals surface area contributed by atoms with E-state index in [2.05, 4.69) is 15.9 Å². The molecular weight excluding hydrogens is 342 g/mol. The molecular formula is C15H19BrClNO2. The summed E-state index contributed by atoms with van der Waals surface area (Å²) >= 11 is 9.45. The Kier molecular flexibility index (Phi) is 4.65. The van der Waals surface area contributed by atoms with E-state index < -0.39 is 5.60 Å². The molecule has 5 heteroatoms. The Labute approximate surface area is 133 Å². The highest BCUT2D eigenvalue weighted by Gasteiger charge is 2.33. The van der Waals surface area contributed by atoms with Crippen molar-refractivity contribution in [2.45, 2.75) is 45.3 Å². The molecule has 1 atom stereocenters. The second-order valence-electron chi connectivity index (χ2n) is 6.01. The Bertz CT molecular complexity index is 513. The smallest absolute Gasteiger partial charge is 0.410 e. The molecule has 1 amide bonds. The summed E-state index contributed by atoms with van der Waals surface area (Å²) < 4.78 is 6.33. The first kappa shape index (κ1) is 15.6. The summed E-state index contributed by atoms with van der Waals surface area (Å²) in [7, 11) is 0. The van der Waals surface area contributed by atoms with Crippen LogP contribution in [-0.2, 0) is 4.74 Å². The molecule has 1 aliphatic rings. The van der Waals surface area contributed by atoms with Gasteiger partial charge in [-0.25, -0.2) is 4.79 Å². The summed E-state index contributed by atoms with van der Waals surface area (Å²) in [5.41, 5.74) is 0.620. The normalized spacial score (nSPS) is 19.2. The van der Waals surface area contributed by atoms with Gasteiger partial charge in [0, 0.05) is 11.0 Å². The number of amides is 1. The van der Waals surface area contributed by atoms with Crippen LogP contribution in [0.25, 0.3) is 0 Å². The molecule has 0 bridgehead atoms. The molecule has 1 aromatic carbocycles. The third-order valence-corrected chi connectivity index (χ3v) is 4.42. The highest BCUT2D eigenvalue weighted by atomic mass is 79.9. The first-order chi connectivity index (χ1) is 9.28. The maximum atomic E-state index is 12.3. The summed E-state index contributed by atoms with van der Waals surface area (Å²) in [5.74, 6) is 0. The zero-order valence-corrected chi connectivity index (χ0v) is 14.3. The van der Waals surface area contributed by atoms with Gasteiger partial charge in [0.25, 0.3) is 0 Å². The highest BCUT2D eigenvalue weighted by Crippen LogP contribution is 2.35. The second kappa shape index (κ2) is 5.94. The van der Waals surface area contributed by atoms with E-state index in [9.17, 15) is 4.79 Å². The average molecular weight is 361 g/mol. The Morgan fingerprint density at radius 3 is 2.75 bits per heavy atom. The molecule has 0 aromatic heterocycles. The molecule has 0 radical (unpaired) electrons. The van der Waals surface area contributed by atoms with Gasteiger partial charge in [0.05, 0.1) is 11.1 Å². The number of hydrogen-bond acceptors (Lipinski definition) is 2. The standard InChI is InChI=1S/C15H19BrClNO2/c1-15(2,3)20-14(19)18-8-4-5-13(18)10-6-7-12(17)11(16)9-10/h6-7,9,13H,4-5,8H2,1-3H3/t13-/m1/s1. The van der Waals surface area contributed by atoms with Gasteiger partial charge in [-0.2, -0.15) is 0 Å². The first-order valence-electron chi connectivity index (χ1n) is 6.72. The number of hydrogen-bond donors (Lipinski definition) is 0. The summed E-state index contributed by atoms with van der Waals surface area (Å²) in [6.45, 7) is 6.39. The van der Waals surface area contributed by atoms with Crippen LogP contribution in [-0.4, -0.2) is 23.1 Å². The Morgan fingerprint density at radius 2 is 2.15 bits per heavy atom. The fourth-order valence-corrected chi connectivity index (χ4v) is 2.89. The van der Waals surface area contributed by atoms with E-state index in [0.29, 0.717) is 5.02 Å². The van der Waals surface area contributed by atoms with Gasteiger partial charge in [-0.15, -0.1) is 0 Å². The molecule has 0 unspecified atom stereocenters. The number of ether oxygens (including phenoxy) is 1. The third kappa shape index (κ3) is 3.67. The minimum atomic E-state index is -0.467. The SMILES string of the molecule is CC(C)(C)OC(=O)N1CCC[C@@H]1c1ccc(Cl)c(Br)c1. The van der Waals surface area contributed by atoms with E-state index in [1.165, 1.54) is 0 Å². The lowest BCUT2D eigenvalue weighted by Crippen LogP contribution is -2.36. The lowest BCUT2D eigenvalue weighted by molar-refractivity contribution is 0.0224.